The summed E-state index contributed by atoms with van der Waals surface area (Å²) in [7, 11) is -19.8. The average molecular weight is 1370 g/mol. The number of nitrogens with zero attached hydrogens (tertiary/aromatic N) is 10. The molecular weight excluding hydrogens is 1320 g/mol. The van der Waals surface area contributed by atoms with Gasteiger partial charge in [-0.15, -0.1) is 56.6 Å². The molecule has 0 bridgehead atoms. The predicted molar refractivity (Wildman–Crippen MR) is 325 cm³/mol. The van der Waals surface area contributed by atoms with Crippen LogP contribution in [0, 0.1) is 27.7 Å². The number of amides is 1. The molecular formula is C50H52ClN11O19S7. The van der Waals surface area contributed by atoms with Gasteiger partial charge in [0, 0.05) is 26.9 Å². The highest BCUT2D eigenvalue weighted by molar-refractivity contribution is 7.99. The van der Waals surface area contributed by atoms with E-state index in [4.69, 9.17) is 39.4 Å². The van der Waals surface area contributed by atoms with Crippen LogP contribution in [-0.2, 0) is 51.1 Å². The van der Waals surface area contributed by atoms with Gasteiger partial charge in [0.2, 0.25) is 5.88 Å². The summed E-state index contributed by atoms with van der Waals surface area (Å²) < 4.78 is 170. The van der Waals surface area contributed by atoms with E-state index >= 15 is 0 Å². The first-order chi connectivity index (χ1) is 41.1. The van der Waals surface area contributed by atoms with Crippen LogP contribution in [0.1, 0.15) is 51.9 Å². The normalized spacial score (nSPS) is 12.5. The van der Waals surface area contributed by atoms with Crippen molar-refractivity contribution in [2.45, 2.75) is 61.6 Å². The fourth-order valence-corrected chi connectivity index (χ4v) is 12.5. The van der Waals surface area contributed by atoms with Crippen LogP contribution in [0.2, 0.25) is 5.02 Å². The van der Waals surface area contributed by atoms with Gasteiger partial charge < -0.3 is 20.3 Å². The van der Waals surface area contributed by atoms with Gasteiger partial charge in [-0.25, -0.2) is 4.98 Å². The van der Waals surface area contributed by atoms with Gasteiger partial charge in [0.25, 0.3) is 46.4 Å². The molecule has 0 radical (unpaired) electrons. The van der Waals surface area contributed by atoms with E-state index in [0.29, 0.717) is 54.3 Å². The highest BCUT2D eigenvalue weighted by atomic mass is 35.5. The van der Waals surface area contributed by atoms with Gasteiger partial charge in [-0.05, 0) is 141 Å². The molecule has 0 spiro atoms. The number of hydrogen-bond donors (Lipinski definition) is 6. The number of nitrogens with two attached hydrogens (primary N) is 1. The molecule has 2 heterocycles. The van der Waals surface area contributed by atoms with Gasteiger partial charge in [-0.2, -0.15) is 54.1 Å². The summed E-state index contributed by atoms with van der Waals surface area (Å²) >= 11 is 8.47. The Hall–Kier alpha value is -7.43. The lowest BCUT2D eigenvalue weighted by Gasteiger charge is -2.13. The standard InChI is InChI=1S/C50H52ClN11O16S6.O3S/c1-27-19-37(58-61-47-30(4)46(48(52)63)49-53-36-23-42(77-5)45(84(74,75)76)26-40(36)62(49)50(47)64)41(78-13-6-16-81(65,66)67)22-33(27)56-59-38-21-29(3)35(25-44(38)80-15-8-18-83(71,72)73)57-60-39-20-28(2)34(55-54-32-11-9-31(51)10-12-32)24-43(39)79-14-7-17-82(68,69)70;1-4(2)3/h9-12,19-26,64H,6-8,13-18H2,1-5H3,(H2,52,63)(H,65,66,67)(H,68,69,70)(H,71,72,73)(H,74,75,76);. The number of methoxy groups -OCH3 is 1. The number of azo groups is 4. The number of carbonyl (C=O) groups is 1. The summed E-state index contributed by atoms with van der Waals surface area (Å²) in [5.74, 6) is -3.27. The Labute approximate surface area is 517 Å². The van der Waals surface area contributed by atoms with E-state index in [9.17, 15) is 61.8 Å². The number of fused-ring (bicyclic) bond motifs is 3. The Morgan fingerprint density at radius 1 is 0.625 bits per heavy atom. The van der Waals surface area contributed by atoms with Gasteiger partial charge >= 0.3 is 10.6 Å². The summed E-state index contributed by atoms with van der Waals surface area (Å²) in [6, 6.07) is 18.5. The molecule has 88 heavy (non-hydrogen) atoms. The largest absolute Gasteiger partial charge is 0.495 e. The summed E-state index contributed by atoms with van der Waals surface area (Å²) in [5, 5.41) is 47.8. The lowest BCUT2D eigenvalue weighted by Crippen LogP contribution is -2.15. The summed E-state index contributed by atoms with van der Waals surface area (Å²) in [6.07, 6.45) is -0.0410. The van der Waals surface area contributed by atoms with E-state index in [1.54, 1.807) is 69.3 Å². The Balaban J connectivity index is 0.00000299. The van der Waals surface area contributed by atoms with Gasteiger partial charge in [0.15, 0.2) is 5.65 Å². The topological polar surface area (TPSA) is 467 Å². The maximum atomic E-state index is 13.0. The molecule has 0 saturated heterocycles. The zero-order valence-corrected chi connectivity index (χ0v) is 53.0. The number of hydrogen-bond acceptors (Lipinski definition) is 26. The van der Waals surface area contributed by atoms with Gasteiger partial charge in [-0.3, -0.25) is 27.4 Å². The Kier molecular flexibility index (Phi) is 23.5. The molecule has 0 fully saturated rings. The van der Waals surface area contributed by atoms with E-state index in [0.717, 1.165) is 17.6 Å². The van der Waals surface area contributed by atoms with Crippen molar-refractivity contribution < 1.29 is 83.9 Å². The number of carbonyl (C=O) groups excluding carboxylic acids is 1. The average Bonchev–Trinajstić information content (AvgIpc) is 1.73. The van der Waals surface area contributed by atoms with Crippen molar-refractivity contribution in [1.82, 2.24) is 9.38 Å². The third kappa shape index (κ3) is 19.8. The van der Waals surface area contributed by atoms with Crippen LogP contribution in [0.15, 0.2) is 128 Å². The van der Waals surface area contributed by atoms with Crippen molar-refractivity contribution in [3.05, 3.63) is 106 Å². The minimum absolute atomic E-state index is 0.00484. The second-order valence-electron chi connectivity index (χ2n) is 18.5. The molecule has 7 rings (SSSR count). The van der Waals surface area contributed by atoms with E-state index in [-0.39, 0.29) is 99.4 Å². The smallest absolute Gasteiger partial charge is 0.425 e. The molecule has 5 aromatic carbocycles. The third-order valence-corrected chi connectivity index (χ3v) is 17.8. The SMILES string of the molecule is COc1cc2nc3c(C(N)=O)c(C)c(N=Nc4cc(C)c(N=Nc5cc(C)c(N=Nc6cc(C)c(N=Nc7ccc(Cl)cc7)cc6SCCCS(=O)(=O)O)cc5SCCCS(=O)(=O)O)cc4OCCCS(=O)(=O)O)c(O)n3c2cc1S(=O)(=O)O.O=S(=O)=O. The van der Waals surface area contributed by atoms with E-state index in [1.807, 2.05) is 0 Å². The zero-order valence-electron chi connectivity index (χ0n) is 46.5. The van der Waals surface area contributed by atoms with Crippen molar-refractivity contribution in [2.75, 3.05) is 42.5 Å². The molecule has 30 nitrogen and oxygen atoms in total. The Bertz CT molecular complexity index is 4570. The highest BCUT2D eigenvalue weighted by Crippen LogP contribution is 2.44. The second kappa shape index (κ2) is 29.7. The van der Waals surface area contributed by atoms with Crippen LogP contribution >= 0.6 is 35.1 Å². The molecule has 0 aliphatic heterocycles. The maximum Gasteiger partial charge on any atom is 0.425 e. The van der Waals surface area contributed by atoms with Crippen LogP contribution in [0.5, 0.6) is 17.4 Å². The van der Waals surface area contributed by atoms with Crippen LogP contribution in [-0.4, -0.2) is 127 Å². The quantitative estimate of drug-likeness (QED) is 0.0127. The number of pyridine rings is 1. The van der Waals surface area contributed by atoms with Crippen LogP contribution < -0.4 is 15.2 Å². The fraction of sp³-hybridized carbons (Fsp3) is 0.280. The minimum Gasteiger partial charge on any atom is -0.495 e. The molecule has 0 saturated carbocycles. The Morgan fingerprint density at radius 3 is 1.56 bits per heavy atom. The van der Waals surface area contributed by atoms with Gasteiger partial charge in [0.05, 0.1) is 81.7 Å². The monoisotopic (exact) mass is 1370 g/mol. The van der Waals surface area contributed by atoms with Crippen molar-refractivity contribution in [2.24, 2.45) is 46.6 Å². The van der Waals surface area contributed by atoms with Crippen molar-refractivity contribution in [3.8, 4) is 17.4 Å². The molecule has 0 atom stereocenters. The molecule has 2 aromatic heterocycles. The van der Waals surface area contributed by atoms with Crippen molar-refractivity contribution >= 4 is 154 Å². The van der Waals surface area contributed by atoms with Gasteiger partial charge in [0.1, 0.15) is 27.8 Å². The first-order valence-corrected chi connectivity index (χ1v) is 34.6. The molecule has 7 aromatic rings. The van der Waals surface area contributed by atoms with E-state index < -0.39 is 85.0 Å². The lowest BCUT2D eigenvalue weighted by molar-refractivity contribution is 0.100. The molecule has 0 aliphatic carbocycles. The molecule has 7 N–H and O–H groups in total. The lowest BCUT2D eigenvalue weighted by atomic mass is 10.1. The zero-order chi connectivity index (χ0) is 65.1. The number of aromatic nitrogens is 2. The number of thioether (sulfide) groups is 2. The second-order valence-corrected chi connectivity index (χ2v) is 27.8. The number of rotatable bonds is 26. The number of aryl methyl sites for hydroxylation is 3. The molecule has 0 aliphatic rings. The number of benzene rings is 5. The van der Waals surface area contributed by atoms with E-state index in [1.165, 1.54) is 48.6 Å². The van der Waals surface area contributed by atoms with Gasteiger partial charge in [-0.1, -0.05) is 11.6 Å². The van der Waals surface area contributed by atoms with E-state index in [2.05, 4.69) is 45.9 Å². The number of ether oxygens (including phenoxy) is 2. The molecule has 470 valence electrons. The number of primary amides is 1. The summed E-state index contributed by atoms with van der Waals surface area (Å²) in [4.78, 5) is 17.7. The summed E-state index contributed by atoms with van der Waals surface area (Å²) in [6.45, 7) is 6.25. The fourth-order valence-electron chi connectivity index (χ4n) is 7.90. The molecule has 0 unspecified atom stereocenters. The minimum atomic E-state index is -4.90. The number of halogens is 1. The number of aromatic hydroxyl groups is 1. The van der Waals surface area contributed by atoms with Crippen LogP contribution in [0.4, 0.5) is 45.5 Å². The third-order valence-electron chi connectivity index (χ3n) is 12.0. The van der Waals surface area contributed by atoms with Crippen molar-refractivity contribution in [1.29, 1.82) is 0 Å². The van der Waals surface area contributed by atoms with Crippen LogP contribution in [0.3, 0.4) is 0 Å². The van der Waals surface area contributed by atoms with Crippen molar-refractivity contribution in [3.63, 3.8) is 0 Å². The first-order valence-electron chi connectivity index (χ1n) is 25.0. The summed E-state index contributed by atoms with van der Waals surface area (Å²) in [5.41, 5.74) is 8.78. The first kappa shape index (κ1) is 69.7. The molecule has 1 amide bonds. The maximum absolute atomic E-state index is 13.0. The molecule has 38 heteroatoms. The highest BCUT2D eigenvalue weighted by Gasteiger charge is 2.27. The predicted octanol–water partition coefficient (Wildman–Crippen LogP) is 11.5. The van der Waals surface area contributed by atoms with Crippen LogP contribution in [0.25, 0.3) is 16.7 Å². The number of imidazole rings is 1. The Morgan fingerprint density at radius 2 is 1.08 bits per heavy atom.